The molecule has 0 spiro atoms. The molecule has 0 radical (unpaired) electrons. The van der Waals surface area contributed by atoms with Crippen LogP contribution in [0.3, 0.4) is 0 Å². The smallest absolute Gasteiger partial charge is 0.193 e. The van der Waals surface area contributed by atoms with Gasteiger partial charge >= 0.3 is 0 Å². The van der Waals surface area contributed by atoms with Crippen LogP contribution in [0.1, 0.15) is 17.3 Å². The maximum Gasteiger partial charge on any atom is 0.193 e. The molecule has 8 heteroatoms. The molecular weight excluding hydrogens is 359 g/mol. The van der Waals surface area contributed by atoms with E-state index in [1.807, 2.05) is 39.3 Å². The second kappa shape index (κ2) is 9.66. The predicted octanol–water partition coefficient (Wildman–Crippen LogP) is 1.81. The molecule has 7 nitrogen and oxygen atoms in total. The highest BCUT2D eigenvalue weighted by molar-refractivity contribution is 5.80. The van der Waals surface area contributed by atoms with Crippen LogP contribution in [0.2, 0.25) is 0 Å². The van der Waals surface area contributed by atoms with Crippen molar-refractivity contribution in [1.29, 1.82) is 0 Å². The number of rotatable bonds is 6. The van der Waals surface area contributed by atoms with Crippen molar-refractivity contribution in [2.45, 2.75) is 12.6 Å². The van der Waals surface area contributed by atoms with Crippen molar-refractivity contribution in [3.63, 3.8) is 0 Å². The Labute approximate surface area is 165 Å². The molecule has 1 aromatic carbocycles. The van der Waals surface area contributed by atoms with Crippen LogP contribution in [0.4, 0.5) is 4.39 Å². The van der Waals surface area contributed by atoms with E-state index in [2.05, 4.69) is 30.2 Å². The number of halogens is 1. The van der Waals surface area contributed by atoms with E-state index in [0.29, 0.717) is 6.54 Å². The summed E-state index contributed by atoms with van der Waals surface area (Å²) in [5.41, 5.74) is 2.04. The number of nitrogens with one attached hydrogen (secondary N) is 1. The van der Waals surface area contributed by atoms with E-state index in [0.717, 1.165) is 49.9 Å². The van der Waals surface area contributed by atoms with Gasteiger partial charge in [0, 0.05) is 52.4 Å². The monoisotopic (exact) mass is 388 g/mol. The molecule has 1 aromatic heterocycles. The van der Waals surface area contributed by atoms with Crippen LogP contribution in [0, 0.1) is 5.82 Å². The fourth-order valence-electron chi connectivity index (χ4n) is 3.47. The normalized spacial score (nSPS) is 17.2. The molecule has 1 fully saturated rings. The first-order chi connectivity index (χ1) is 13.6. The lowest BCUT2D eigenvalue weighted by Gasteiger charge is -2.37. The minimum Gasteiger partial charge on any atom is -0.364 e. The van der Waals surface area contributed by atoms with Gasteiger partial charge < -0.3 is 19.6 Å². The van der Waals surface area contributed by atoms with Crippen LogP contribution in [-0.2, 0) is 6.54 Å². The number of hydrogen-bond acceptors (Lipinski definition) is 5. The van der Waals surface area contributed by atoms with Crippen molar-refractivity contribution in [1.82, 2.24) is 25.2 Å². The molecule has 3 rings (SSSR count). The quantitative estimate of drug-likeness (QED) is 0.602. The minimum absolute atomic E-state index is 0.130. The maximum atomic E-state index is 13.2. The van der Waals surface area contributed by atoms with Crippen molar-refractivity contribution < 1.29 is 8.91 Å². The Balaban J connectivity index is 1.53. The molecule has 152 valence electrons. The Morgan fingerprint density at radius 3 is 2.50 bits per heavy atom. The summed E-state index contributed by atoms with van der Waals surface area (Å²) in [6.45, 7) is 5.21. The molecule has 1 aliphatic rings. The Kier molecular flexibility index (Phi) is 7.00. The van der Waals surface area contributed by atoms with Crippen LogP contribution in [0.25, 0.3) is 0 Å². The molecule has 1 unspecified atom stereocenters. The number of piperazine rings is 1. The standard InChI is InChI=1S/C20H29FN6O/c1-22-20(23-14-19(25(2)3)16-4-6-17(21)7-5-16)27-11-9-26(10-12-27)15-18-8-13-28-24-18/h4-8,13,19H,9-12,14-15H2,1-3H3,(H,22,23). The van der Waals surface area contributed by atoms with Gasteiger partial charge in [0.15, 0.2) is 5.96 Å². The first-order valence-corrected chi connectivity index (χ1v) is 9.56. The van der Waals surface area contributed by atoms with Gasteiger partial charge in [-0.15, -0.1) is 0 Å². The molecular formula is C20H29FN6O. The van der Waals surface area contributed by atoms with E-state index >= 15 is 0 Å². The summed E-state index contributed by atoms with van der Waals surface area (Å²) in [6.07, 6.45) is 1.61. The van der Waals surface area contributed by atoms with Crippen molar-refractivity contribution in [2.75, 3.05) is 53.9 Å². The number of guanidine groups is 1. The Bertz CT molecular complexity index is 739. The van der Waals surface area contributed by atoms with E-state index in [-0.39, 0.29) is 11.9 Å². The topological polar surface area (TPSA) is 60.1 Å². The lowest BCUT2D eigenvalue weighted by atomic mass is 10.1. The second-order valence-electron chi connectivity index (χ2n) is 7.21. The van der Waals surface area contributed by atoms with Crippen molar-refractivity contribution >= 4 is 5.96 Å². The van der Waals surface area contributed by atoms with E-state index in [1.165, 1.54) is 12.1 Å². The molecule has 2 heterocycles. The third-order valence-electron chi connectivity index (χ3n) is 5.09. The fourth-order valence-corrected chi connectivity index (χ4v) is 3.47. The van der Waals surface area contributed by atoms with Gasteiger partial charge in [-0.25, -0.2) is 4.39 Å². The maximum absolute atomic E-state index is 13.2. The van der Waals surface area contributed by atoms with Crippen molar-refractivity contribution in [2.24, 2.45) is 4.99 Å². The molecule has 0 saturated carbocycles. The highest BCUT2D eigenvalue weighted by Crippen LogP contribution is 2.18. The van der Waals surface area contributed by atoms with Gasteiger partial charge in [-0.1, -0.05) is 17.3 Å². The van der Waals surface area contributed by atoms with Crippen LogP contribution in [-0.4, -0.2) is 79.7 Å². The number of aromatic nitrogens is 1. The third kappa shape index (κ3) is 5.30. The van der Waals surface area contributed by atoms with Crippen molar-refractivity contribution in [3.8, 4) is 0 Å². The zero-order chi connectivity index (χ0) is 19.9. The van der Waals surface area contributed by atoms with Crippen molar-refractivity contribution in [3.05, 3.63) is 53.7 Å². The molecule has 0 aliphatic carbocycles. The largest absolute Gasteiger partial charge is 0.364 e. The average Bonchev–Trinajstić information content (AvgIpc) is 3.20. The second-order valence-corrected chi connectivity index (χ2v) is 7.21. The molecule has 1 saturated heterocycles. The lowest BCUT2D eigenvalue weighted by molar-refractivity contribution is 0.168. The zero-order valence-electron chi connectivity index (χ0n) is 16.8. The summed E-state index contributed by atoms with van der Waals surface area (Å²) in [7, 11) is 5.87. The van der Waals surface area contributed by atoms with Crippen LogP contribution in [0.5, 0.6) is 0 Å². The summed E-state index contributed by atoms with van der Waals surface area (Å²) in [5.74, 6) is 0.684. The Morgan fingerprint density at radius 1 is 1.21 bits per heavy atom. The molecule has 1 N–H and O–H groups in total. The van der Waals surface area contributed by atoms with E-state index < -0.39 is 0 Å². The average molecular weight is 388 g/mol. The van der Waals surface area contributed by atoms with Crippen LogP contribution < -0.4 is 5.32 Å². The fraction of sp³-hybridized carbons (Fsp3) is 0.500. The Hall–Kier alpha value is -2.45. The van der Waals surface area contributed by atoms with Gasteiger partial charge in [0.2, 0.25) is 0 Å². The summed E-state index contributed by atoms with van der Waals surface area (Å²) in [5, 5.41) is 7.47. The number of hydrogen-bond donors (Lipinski definition) is 1. The van der Waals surface area contributed by atoms with Gasteiger partial charge in [0.05, 0.1) is 11.7 Å². The Morgan fingerprint density at radius 2 is 1.93 bits per heavy atom. The summed E-state index contributed by atoms with van der Waals surface area (Å²) in [6, 6.07) is 8.73. The summed E-state index contributed by atoms with van der Waals surface area (Å²) < 4.78 is 18.2. The number of likely N-dealkylation sites (N-methyl/N-ethyl adjacent to an activating group) is 1. The SMILES string of the molecule is CN=C(NCC(c1ccc(F)cc1)N(C)C)N1CCN(Cc2ccon2)CC1. The number of nitrogens with zero attached hydrogens (tertiary/aromatic N) is 5. The van der Waals surface area contributed by atoms with Gasteiger partial charge in [-0.2, -0.15) is 0 Å². The minimum atomic E-state index is -0.214. The first kappa shape index (κ1) is 20.3. The highest BCUT2D eigenvalue weighted by atomic mass is 19.1. The van der Waals surface area contributed by atoms with Gasteiger partial charge in [0.25, 0.3) is 0 Å². The highest BCUT2D eigenvalue weighted by Gasteiger charge is 2.22. The van der Waals surface area contributed by atoms with Gasteiger partial charge in [-0.05, 0) is 31.8 Å². The summed E-state index contributed by atoms with van der Waals surface area (Å²) in [4.78, 5) is 11.2. The lowest BCUT2D eigenvalue weighted by Crippen LogP contribution is -2.53. The van der Waals surface area contributed by atoms with E-state index in [4.69, 9.17) is 4.52 Å². The molecule has 2 aromatic rings. The zero-order valence-corrected chi connectivity index (χ0v) is 16.8. The molecule has 0 bridgehead atoms. The molecule has 1 atom stereocenters. The van der Waals surface area contributed by atoms with E-state index in [1.54, 1.807) is 6.26 Å². The number of benzene rings is 1. The van der Waals surface area contributed by atoms with E-state index in [9.17, 15) is 4.39 Å². The summed E-state index contributed by atoms with van der Waals surface area (Å²) >= 11 is 0. The number of aliphatic imine (C=N–C) groups is 1. The molecule has 0 amide bonds. The van der Waals surface area contributed by atoms with Crippen LogP contribution in [0.15, 0.2) is 46.1 Å². The van der Waals surface area contributed by atoms with Gasteiger partial charge in [-0.3, -0.25) is 9.89 Å². The van der Waals surface area contributed by atoms with Crippen LogP contribution >= 0.6 is 0 Å². The van der Waals surface area contributed by atoms with Gasteiger partial charge in [0.1, 0.15) is 12.1 Å². The predicted molar refractivity (Wildman–Crippen MR) is 108 cm³/mol. The first-order valence-electron chi connectivity index (χ1n) is 9.56. The molecule has 28 heavy (non-hydrogen) atoms. The molecule has 1 aliphatic heterocycles. The third-order valence-corrected chi connectivity index (χ3v) is 5.09.